The predicted molar refractivity (Wildman–Crippen MR) is 91.1 cm³/mol. The zero-order chi connectivity index (χ0) is 16.4. The van der Waals surface area contributed by atoms with Gasteiger partial charge < -0.3 is 14.0 Å². The Balaban J connectivity index is 1.97. The normalized spacial score (nSPS) is 12.2. The first kappa shape index (κ1) is 13.5. The van der Waals surface area contributed by atoms with Gasteiger partial charge in [0, 0.05) is 11.5 Å². The van der Waals surface area contributed by atoms with Crippen molar-refractivity contribution >= 4 is 32.5 Å². The molecule has 3 aromatic heterocycles. The van der Waals surface area contributed by atoms with E-state index in [-0.39, 0.29) is 0 Å². The van der Waals surface area contributed by atoms with Gasteiger partial charge in [-0.3, -0.25) is 0 Å². The van der Waals surface area contributed by atoms with Crippen molar-refractivity contribution in [2.24, 2.45) is 7.05 Å². The summed E-state index contributed by atoms with van der Waals surface area (Å²) in [6.07, 6.45) is 3.53. The quantitative estimate of drug-likeness (QED) is 0.338. The van der Waals surface area contributed by atoms with Crippen LogP contribution < -0.4 is 9.30 Å². The first-order valence-electron chi connectivity index (χ1n) is 7.51. The van der Waals surface area contributed by atoms with Gasteiger partial charge in [0.25, 0.3) is 12.9 Å². The topological polar surface area (TPSA) is 43.5 Å². The zero-order valence-corrected chi connectivity index (χ0v) is 13.9. The summed E-state index contributed by atoms with van der Waals surface area (Å²) in [4.78, 5) is 9.88. The van der Waals surface area contributed by atoms with Gasteiger partial charge in [0.05, 0.1) is 18.9 Å². The Labute approximate surface area is 141 Å². The van der Waals surface area contributed by atoms with Gasteiger partial charge >= 0.3 is 0 Å². The zero-order valence-electron chi connectivity index (χ0n) is 13.1. The molecule has 1 aliphatic heterocycles. The Hall–Kier alpha value is -2.91. The summed E-state index contributed by atoms with van der Waals surface area (Å²) in [7, 11) is 1.99. The van der Waals surface area contributed by atoms with Crippen molar-refractivity contribution in [1.29, 1.82) is 0 Å². The summed E-state index contributed by atoms with van der Waals surface area (Å²) < 4.78 is 13.8. The van der Waals surface area contributed by atoms with E-state index in [2.05, 4.69) is 16.8 Å². The summed E-state index contributed by atoms with van der Waals surface area (Å²) in [5.41, 5.74) is 4.09. The van der Waals surface area contributed by atoms with Crippen LogP contribution in [0.4, 0.5) is 0 Å². The van der Waals surface area contributed by atoms with Crippen LogP contribution in [0.1, 0.15) is 10.4 Å². The number of thiophene rings is 1. The lowest BCUT2D eigenvalue weighted by atomic mass is 9.96. The molecule has 4 heterocycles. The van der Waals surface area contributed by atoms with Crippen LogP contribution in [0, 0.1) is 13.5 Å². The molecule has 0 unspecified atom stereocenters. The third kappa shape index (κ3) is 1.57. The van der Waals surface area contributed by atoms with E-state index in [1.165, 1.54) is 11.3 Å². The molecule has 4 aromatic rings. The molecule has 116 valence electrons. The number of rotatable bonds is 1. The fraction of sp³-hybridized carbons (Fsp3) is 0.167. The summed E-state index contributed by atoms with van der Waals surface area (Å²) in [6, 6.07) is 3.92. The van der Waals surface area contributed by atoms with Crippen LogP contribution in [0.25, 0.3) is 37.3 Å². The van der Waals surface area contributed by atoms with E-state index >= 15 is 0 Å². The monoisotopic (exact) mass is 334 g/mol. The molecule has 6 heteroatoms. The van der Waals surface area contributed by atoms with Crippen LogP contribution in [-0.2, 0) is 13.6 Å². The molecule has 0 saturated heterocycles. The van der Waals surface area contributed by atoms with Crippen molar-refractivity contribution in [3.05, 3.63) is 46.6 Å². The van der Waals surface area contributed by atoms with Gasteiger partial charge in [-0.2, -0.15) is 0 Å². The van der Waals surface area contributed by atoms with E-state index in [4.69, 9.17) is 15.7 Å². The molecular weight excluding hydrogens is 322 g/mol. The summed E-state index contributed by atoms with van der Waals surface area (Å²) in [5, 5.41) is 2.09. The Bertz CT molecular complexity index is 1200. The highest BCUT2D eigenvalue weighted by Gasteiger charge is 2.34. The van der Waals surface area contributed by atoms with Crippen LogP contribution >= 0.6 is 11.3 Å². The van der Waals surface area contributed by atoms with Crippen molar-refractivity contribution in [3.8, 4) is 22.8 Å². The lowest BCUT2D eigenvalue weighted by Gasteiger charge is -2.19. The molecule has 0 bridgehead atoms. The van der Waals surface area contributed by atoms with Gasteiger partial charge in [0.1, 0.15) is 21.6 Å². The fourth-order valence-electron chi connectivity index (χ4n) is 3.45. The van der Waals surface area contributed by atoms with E-state index in [0.717, 1.165) is 54.4 Å². The van der Waals surface area contributed by atoms with Crippen LogP contribution in [-0.4, -0.2) is 4.98 Å². The number of hydrogen-bond donors (Lipinski definition) is 0. The van der Waals surface area contributed by atoms with Gasteiger partial charge in [-0.25, -0.2) is 11.1 Å². The van der Waals surface area contributed by atoms with E-state index in [9.17, 15) is 0 Å². The molecule has 5 nitrogen and oxygen atoms in total. The second kappa shape index (κ2) is 4.56. The molecule has 0 amide bonds. The maximum atomic E-state index is 7.20. The molecule has 1 aromatic carbocycles. The predicted octanol–water partition coefficient (Wildman–Crippen LogP) is 4.37. The van der Waals surface area contributed by atoms with Crippen LogP contribution in [0.15, 0.2) is 29.1 Å². The summed E-state index contributed by atoms with van der Waals surface area (Å²) >= 11 is 1.53. The second-order valence-corrected chi connectivity index (χ2v) is 6.95. The summed E-state index contributed by atoms with van der Waals surface area (Å²) in [6.45, 7) is 9.59. The van der Waals surface area contributed by atoms with E-state index in [0.29, 0.717) is 6.54 Å². The van der Waals surface area contributed by atoms with Crippen LogP contribution in [0.5, 0.6) is 11.5 Å². The molecule has 0 saturated carbocycles. The third-order valence-corrected chi connectivity index (χ3v) is 5.57. The number of hydrogen-bond acceptors (Lipinski definition) is 4. The molecule has 0 fully saturated rings. The van der Waals surface area contributed by atoms with Gasteiger partial charge in [0.2, 0.25) is 4.83 Å². The number of nitrogens with zero attached hydrogens (tertiary/aromatic N) is 3. The molecule has 0 spiro atoms. The average Bonchev–Trinajstić information content (AvgIpc) is 3.17. The number of ether oxygens (including phenoxy) is 1. The first-order chi connectivity index (χ1) is 11.7. The Morgan fingerprint density at radius 2 is 2.29 bits per heavy atom. The Morgan fingerprint density at radius 1 is 1.42 bits per heavy atom. The SMILES string of the molecule is [C-]#[N+]Cc1sc2nc[n+](C)c3c2c1Oc1cc2occc2c(C)c1-3. The van der Waals surface area contributed by atoms with Crippen LogP contribution in [0.3, 0.4) is 0 Å². The van der Waals surface area contributed by atoms with Gasteiger partial charge in [0.15, 0.2) is 11.4 Å². The fourth-order valence-corrected chi connectivity index (χ4v) is 4.44. The Morgan fingerprint density at radius 3 is 3.12 bits per heavy atom. The third-order valence-electron chi connectivity index (χ3n) is 4.51. The smallest absolute Gasteiger partial charge is 0.288 e. The van der Waals surface area contributed by atoms with Crippen molar-refractivity contribution in [2.75, 3.05) is 0 Å². The molecular formula is C18H12N3O2S+. The highest BCUT2D eigenvalue weighted by molar-refractivity contribution is 7.19. The van der Waals surface area contributed by atoms with Crippen molar-refractivity contribution in [3.63, 3.8) is 0 Å². The molecule has 0 radical (unpaired) electrons. The maximum absolute atomic E-state index is 7.20. The minimum Gasteiger partial charge on any atom is -0.464 e. The van der Waals surface area contributed by atoms with E-state index in [1.54, 1.807) is 6.26 Å². The molecule has 24 heavy (non-hydrogen) atoms. The van der Waals surface area contributed by atoms with Gasteiger partial charge in [-0.1, -0.05) is 11.3 Å². The lowest BCUT2D eigenvalue weighted by Crippen LogP contribution is -2.32. The largest absolute Gasteiger partial charge is 0.464 e. The molecule has 1 aliphatic rings. The number of aromatic nitrogens is 2. The standard InChI is InChI=1S/C18H12N3O2S/c1-9-10-4-5-22-11(10)6-12-14(9)16-15-17(23-12)13(7-19-2)24-18(15)20-8-21(16)3/h4-6,8H,7H2,1,3H3/q+1. The molecule has 0 N–H and O–H groups in total. The number of benzene rings is 1. The van der Waals surface area contributed by atoms with Crippen molar-refractivity contribution < 1.29 is 13.7 Å². The average molecular weight is 334 g/mol. The molecule has 0 atom stereocenters. The maximum Gasteiger partial charge on any atom is 0.288 e. The van der Waals surface area contributed by atoms with E-state index < -0.39 is 0 Å². The minimum absolute atomic E-state index is 0.302. The number of fused-ring (bicyclic) bond motifs is 3. The minimum atomic E-state index is 0.302. The van der Waals surface area contributed by atoms with Crippen molar-refractivity contribution in [2.45, 2.75) is 13.5 Å². The molecule has 5 rings (SSSR count). The van der Waals surface area contributed by atoms with Crippen molar-refractivity contribution in [1.82, 2.24) is 4.98 Å². The van der Waals surface area contributed by atoms with Gasteiger partial charge in [-0.05, 0) is 23.5 Å². The molecule has 0 aliphatic carbocycles. The first-order valence-corrected chi connectivity index (χ1v) is 8.33. The summed E-state index contributed by atoms with van der Waals surface area (Å²) in [5.74, 6) is 1.54. The van der Waals surface area contributed by atoms with E-state index in [1.807, 2.05) is 30.1 Å². The van der Waals surface area contributed by atoms with Crippen LogP contribution in [0.2, 0.25) is 0 Å². The highest BCUT2D eigenvalue weighted by Crippen LogP contribution is 2.51. The number of aryl methyl sites for hydroxylation is 2. The lowest BCUT2D eigenvalue weighted by molar-refractivity contribution is -0.662. The number of furan rings is 1. The Kier molecular flexibility index (Phi) is 2.57. The highest BCUT2D eigenvalue weighted by atomic mass is 32.1. The van der Waals surface area contributed by atoms with Gasteiger partial charge in [-0.15, -0.1) is 0 Å². The second-order valence-electron chi connectivity index (χ2n) is 5.86.